The van der Waals surface area contributed by atoms with Crippen molar-refractivity contribution < 1.29 is 0 Å². The molecule has 49 heavy (non-hydrogen) atoms. The summed E-state index contributed by atoms with van der Waals surface area (Å²) >= 11 is 0. The zero-order chi connectivity index (χ0) is 33.3. The third kappa shape index (κ3) is 5.81. The molecule has 0 saturated heterocycles. The van der Waals surface area contributed by atoms with Crippen molar-refractivity contribution in [3.05, 3.63) is 163 Å². The highest BCUT2D eigenvalue weighted by atomic mass is 14.9. The van der Waals surface area contributed by atoms with Gasteiger partial charge in [-0.15, -0.1) is 0 Å². The Kier molecular flexibility index (Phi) is 7.87. The molecule has 0 amide bonds. The van der Waals surface area contributed by atoms with Gasteiger partial charge < -0.3 is 5.41 Å². The number of hydrogen-bond acceptors (Lipinski definition) is 3. The fourth-order valence-electron chi connectivity index (χ4n) is 6.86. The lowest BCUT2D eigenvalue weighted by atomic mass is 9.91. The van der Waals surface area contributed by atoms with E-state index in [9.17, 15) is 0 Å². The van der Waals surface area contributed by atoms with Crippen molar-refractivity contribution in [3.63, 3.8) is 0 Å². The summed E-state index contributed by atoms with van der Waals surface area (Å²) < 4.78 is 0. The molecule has 0 unspecified atom stereocenters. The number of fused-ring (bicyclic) bond motifs is 4. The van der Waals surface area contributed by atoms with Crippen molar-refractivity contribution in [2.75, 3.05) is 0 Å². The van der Waals surface area contributed by atoms with Crippen LogP contribution in [0.1, 0.15) is 19.4 Å². The minimum atomic E-state index is 0.328. The summed E-state index contributed by atoms with van der Waals surface area (Å²) in [6, 6.07) is 51.5. The number of allylic oxidation sites excluding steroid dienone is 2. The molecule has 0 atom stereocenters. The average Bonchev–Trinajstić information content (AvgIpc) is 3.16. The maximum absolute atomic E-state index is 8.12. The molecule has 1 N–H and O–H groups in total. The molecular weight excluding hydrogens is 595 g/mol. The molecule has 0 aliphatic heterocycles. The highest BCUT2D eigenvalue weighted by Crippen LogP contribution is 2.39. The lowest BCUT2D eigenvalue weighted by Gasteiger charge is -2.15. The van der Waals surface area contributed by atoms with Gasteiger partial charge in [0.15, 0.2) is 5.82 Å². The Bertz CT molecular complexity index is 2560. The highest BCUT2D eigenvalue weighted by molar-refractivity contribution is 6.14. The minimum Gasteiger partial charge on any atom is -0.308 e. The molecule has 8 aromatic rings. The van der Waals surface area contributed by atoms with E-state index in [0.29, 0.717) is 11.7 Å². The van der Waals surface area contributed by atoms with E-state index in [1.165, 1.54) is 38.7 Å². The molecule has 0 bridgehead atoms. The van der Waals surface area contributed by atoms with E-state index in [0.717, 1.165) is 50.0 Å². The first kappa shape index (κ1) is 30.2. The molecule has 0 fully saturated rings. The van der Waals surface area contributed by atoms with Crippen molar-refractivity contribution in [3.8, 4) is 44.9 Å². The quantitative estimate of drug-likeness (QED) is 0.141. The lowest BCUT2D eigenvalue weighted by Crippen LogP contribution is -1.97. The predicted molar refractivity (Wildman–Crippen MR) is 208 cm³/mol. The van der Waals surface area contributed by atoms with Crippen LogP contribution in [0.15, 0.2) is 158 Å². The first-order valence-electron chi connectivity index (χ1n) is 16.8. The average molecular weight is 630 g/mol. The van der Waals surface area contributed by atoms with Crippen molar-refractivity contribution in [2.24, 2.45) is 5.92 Å². The molecule has 7 aromatic carbocycles. The largest absolute Gasteiger partial charge is 0.308 e. The van der Waals surface area contributed by atoms with Crippen molar-refractivity contribution in [1.29, 1.82) is 5.41 Å². The van der Waals surface area contributed by atoms with E-state index >= 15 is 0 Å². The Balaban J connectivity index is 1.33. The zero-order valence-corrected chi connectivity index (χ0v) is 27.6. The van der Waals surface area contributed by atoms with E-state index in [1.807, 2.05) is 6.20 Å². The second-order valence-corrected chi connectivity index (χ2v) is 12.9. The van der Waals surface area contributed by atoms with Crippen molar-refractivity contribution in [2.45, 2.75) is 13.8 Å². The van der Waals surface area contributed by atoms with Gasteiger partial charge in [-0.25, -0.2) is 9.97 Å². The van der Waals surface area contributed by atoms with Gasteiger partial charge in [-0.2, -0.15) is 0 Å². The molecular formula is C46H35N3. The Hall–Kier alpha value is -6.19. The second kappa shape index (κ2) is 12.8. The van der Waals surface area contributed by atoms with Gasteiger partial charge in [-0.3, -0.25) is 0 Å². The summed E-state index contributed by atoms with van der Waals surface area (Å²) in [4.78, 5) is 10.3. The Morgan fingerprint density at radius 1 is 0.551 bits per heavy atom. The van der Waals surface area contributed by atoms with Gasteiger partial charge in [-0.1, -0.05) is 141 Å². The van der Waals surface area contributed by atoms with Crippen LogP contribution in [0.4, 0.5) is 0 Å². The minimum absolute atomic E-state index is 0.328. The SMILES string of the molecule is CC(C)/C=C(\C=N)c1cccc(-c2cnc(-c3ccc4ccccc4c3)nc2-c2cccc(-c3cc4ccccc4c4ccccc34)c2)c1. The fourth-order valence-corrected chi connectivity index (χ4v) is 6.86. The fraction of sp³-hybridized carbons (Fsp3) is 0.0652. The molecule has 1 heterocycles. The van der Waals surface area contributed by atoms with E-state index in [-0.39, 0.29) is 0 Å². The van der Waals surface area contributed by atoms with Gasteiger partial charge in [0.1, 0.15) is 0 Å². The molecule has 3 heteroatoms. The number of aromatic nitrogens is 2. The van der Waals surface area contributed by atoms with Gasteiger partial charge in [0.25, 0.3) is 0 Å². The number of nitrogens with one attached hydrogen (secondary N) is 1. The summed E-state index contributed by atoms with van der Waals surface area (Å²) in [5, 5.41) is 15.4. The standard InChI is InChI=1S/C46H35N3/c1-30(2)23-39(28-47)33-14-9-16-35(24-33)44-29-48-46(38-22-21-31-11-3-4-12-32(31)25-38)49-45(44)37-17-10-15-34(26-37)43-27-36-13-5-6-18-40(36)41-19-7-8-20-42(41)43/h3-30,47H,1-2H3/b39-23+,47-28?. The molecule has 0 aliphatic rings. The summed E-state index contributed by atoms with van der Waals surface area (Å²) in [6.45, 7) is 4.27. The van der Waals surface area contributed by atoms with Crippen LogP contribution in [0, 0.1) is 11.3 Å². The number of benzene rings is 7. The number of hydrogen-bond donors (Lipinski definition) is 1. The Labute approximate surface area is 286 Å². The van der Waals surface area contributed by atoms with Crippen molar-refractivity contribution in [1.82, 2.24) is 9.97 Å². The predicted octanol–water partition coefficient (Wildman–Crippen LogP) is 12.3. The van der Waals surface area contributed by atoms with Crippen LogP contribution < -0.4 is 0 Å². The lowest BCUT2D eigenvalue weighted by molar-refractivity contribution is 0.835. The summed E-state index contributed by atoms with van der Waals surface area (Å²) in [5.41, 5.74) is 9.05. The van der Waals surface area contributed by atoms with E-state index in [2.05, 4.69) is 166 Å². The van der Waals surface area contributed by atoms with Gasteiger partial charge in [0, 0.05) is 29.1 Å². The molecule has 0 aliphatic carbocycles. The molecule has 234 valence electrons. The van der Waals surface area contributed by atoms with Crippen LogP contribution in [-0.4, -0.2) is 16.2 Å². The zero-order valence-electron chi connectivity index (χ0n) is 27.6. The van der Waals surface area contributed by atoms with Gasteiger partial charge in [0.2, 0.25) is 0 Å². The molecule has 0 radical (unpaired) electrons. The van der Waals surface area contributed by atoms with Gasteiger partial charge in [0.05, 0.1) is 5.69 Å². The van der Waals surface area contributed by atoms with Gasteiger partial charge >= 0.3 is 0 Å². The van der Waals surface area contributed by atoms with Crippen LogP contribution in [0.3, 0.4) is 0 Å². The normalized spacial score (nSPS) is 11.9. The first-order chi connectivity index (χ1) is 24.1. The first-order valence-corrected chi connectivity index (χ1v) is 16.8. The van der Waals surface area contributed by atoms with Crippen LogP contribution in [0.5, 0.6) is 0 Å². The van der Waals surface area contributed by atoms with E-state index < -0.39 is 0 Å². The summed E-state index contributed by atoms with van der Waals surface area (Å²) in [5.74, 6) is 1.01. The highest BCUT2D eigenvalue weighted by Gasteiger charge is 2.16. The third-order valence-corrected chi connectivity index (χ3v) is 9.19. The van der Waals surface area contributed by atoms with Gasteiger partial charge in [-0.05, 0) is 90.3 Å². The maximum Gasteiger partial charge on any atom is 0.159 e. The number of nitrogens with zero attached hydrogens (tertiary/aromatic N) is 2. The second-order valence-electron chi connectivity index (χ2n) is 12.9. The van der Waals surface area contributed by atoms with Crippen LogP contribution in [0.25, 0.3) is 82.8 Å². The van der Waals surface area contributed by atoms with Crippen molar-refractivity contribution >= 4 is 44.1 Å². The molecule has 1 aromatic heterocycles. The smallest absolute Gasteiger partial charge is 0.159 e. The summed E-state index contributed by atoms with van der Waals surface area (Å²) in [7, 11) is 0. The van der Waals surface area contributed by atoms with Crippen LogP contribution >= 0.6 is 0 Å². The monoisotopic (exact) mass is 629 g/mol. The van der Waals surface area contributed by atoms with E-state index in [1.54, 1.807) is 0 Å². The van der Waals surface area contributed by atoms with E-state index in [4.69, 9.17) is 15.4 Å². The third-order valence-electron chi connectivity index (χ3n) is 9.19. The Morgan fingerprint density at radius 3 is 2.02 bits per heavy atom. The summed E-state index contributed by atoms with van der Waals surface area (Å²) in [6.07, 6.45) is 5.53. The van der Waals surface area contributed by atoms with Crippen LogP contribution in [0.2, 0.25) is 0 Å². The van der Waals surface area contributed by atoms with Crippen LogP contribution in [-0.2, 0) is 0 Å². The maximum atomic E-state index is 8.12. The topological polar surface area (TPSA) is 49.6 Å². The molecule has 8 rings (SSSR count). The molecule has 3 nitrogen and oxygen atoms in total. The Morgan fingerprint density at radius 2 is 1.22 bits per heavy atom. The molecule has 0 spiro atoms. The molecule has 0 saturated carbocycles. The number of rotatable bonds is 7.